The average Bonchev–Trinajstić information content (AvgIpc) is 3.49. The Morgan fingerprint density at radius 3 is 2.49 bits per heavy atom. The highest BCUT2D eigenvalue weighted by atomic mass is 16.1. The van der Waals surface area contributed by atoms with Crippen LogP contribution in [0.15, 0.2) is 85.5 Å². The maximum absolute atomic E-state index is 12.2. The number of pyridine rings is 1. The van der Waals surface area contributed by atoms with Crippen molar-refractivity contribution in [1.82, 2.24) is 30.0 Å². The summed E-state index contributed by atoms with van der Waals surface area (Å²) in [5, 5.41) is 9.35. The number of hydrogen-bond donors (Lipinski definition) is 2. The maximum Gasteiger partial charge on any atom is 0.273 e. The molecule has 2 N–H and O–H groups in total. The van der Waals surface area contributed by atoms with Crippen LogP contribution in [0, 0.1) is 0 Å². The van der Waals surface area contributed by atoms with Crippen molar-refractivity contribution in [3.63, 3.8) is 0 Å². The molecule has 5 aromatic rings. The van der Waals surface area contributed by atoms with E-state index in [1.165, 1.54) is 5.56 Å². The molecule has 0 aliphatic carbocycles. The second kappa shape index (κ2) is 10.2. The van der Waals surface area contributed by atoms with Crippen LogP contribution in [0.3, 0.4) is 0 Å². The highest BCUT2D eigenvalue weighted by Crippen LogP contribution is 2.26. The van der Waals surface area contributed by atoms with Gasteiger partial charge in [-0.05, 0) is 53.1 Å². The number of nitrogens with one attached hydrogen (secondary N) is 2. The number of H-pyrrole nitrogens is 1. The number of piperazine rings is 1. The van der Waals surface area contributed by atoms with E-state index in [0.717, 1.165) is 60.7 Å². The van der Waals surface area contributed by atoms with Crippen LogP contribution in [0.25, 0.3) is 22.2 Å². The molecule has 184 valence electrons. The van der Waals surface area contributed by atoms with Gasteiger partial charge in [0.1, 0.15) is 11.5 Å². The van der Waals surface area contributed by atoms with Crippen molar-refractivity contribution in [3.05, 3.63) is 96.7 Å². The number of anilines is 2. The molecule has 4 heterocycles. The van der Waals surface area contributed by atoms with Crippen LogP contribution in [0.2, 0.25) is 0 Å². The fourth-order valence-corrected chi connectivity index (χ4v) is 4.55. The molecule has 3 aromatic heterocycles. The summed E-state index contributed by atoms with van der Waals surface area (Å²) in [4.78, 5) is 30.8. The van der Waals surface area contributed by atoms with Gasteiger partial charge in [-0.1, -0.05) is 24.3 Å². The minimum Gasteiger partial charge on any atom is -0.353 e. The van der Waals surface area contributed by atoms with Crippen LogP contribution >= 0.6 is 0 Å². The topological polar surface area (TPSA) is 103 Å². The lowest BCUT2D eigenvalue weighted by Crippen LogP contribution is -2.46. The molecule has 2 aromatic carbocycles. The second-order valence-corrected chi connectivity index (χ2v) is 9.06. The lowest BCUT2D eigenvalue weighted by Gasteiger charge is -2.35. The van der Waals surface area contributed by atoms with E-state index in [9.17, 15) is 4.79 Å². The Labute approximate surface area is 214 Å². The highest BCUT2D eigenvalue weighted by molar-refractivity contribution is 6.02. The van der Waals surface area contributed by atoms with Gasteiger partial charge in [0, 0.05) is 57.0 Å². The average molecular weight is 491 g/mol. The number of aromatic nitrogens is 5. The van der Waals surface area contributed by atoms with Gasteiger partial charge in [0.2, 0.25) is 0 Å². The molecule has 0 spiro atoms. The van der Waals surface area contributed by atoms with E-state index in [4.69, 9.17) is 4.98 Å². The van der Waals surface area contributed by atoms with Gasteiger partial charge in [0.05, 0.1) is 17.2 Å². The number of carbonyl (C=O) groups excluding carboxylic acids is 1. The Morgan fingerprint density at radius 1 is 0.892 bits per heavy atom. The van der Waals surface area contributed by atoms with Gasteiger partial charge in [0.15, 0.2) is 0 Å². The summed E-state index contributed by atoms with van der Waals surface area (Å²) in [5.41, 5.74) is 6.19. The van der Waals surface area contributed by atoms with Gasteiger partial charge < -0.3 is 10.2 Å². The van der Waals surface area contributed by atoms with Crippen LogP contribution in [0.1, 0.15) is 16.1 Å². The summed E-state index contributed by atoms with van der Waals surface area (Å²) < 4.78 is 0. The molecule has 1 amide bonds. The lowest BCUT2D eigenvalue weighted by molar-refractivity contribution is 0.102. The van der Waals surface area contributed by atoms with E-state index in [2.05, 4.69) is 47.4 Å². The van der Waals surface area contributed by atoms with Crippen molar-refractivity contribution >= 4 is 28.4 Å². The number of carbonyl (C=O) groups is 1. The summed E-state index contributed by atoms with van der Waals surface area (Å²) in [7, 11) is 0. The van der Waals surface area contributed by atoms with Crippen LogP contribution in [0.5, 0.6) is 0 Å². The molecule has 6 rings (SSSR count). The third kappa shape index (κ3) is 5.17. The van der Waals surface area contributed by atoms with Crippen molar-refractivity contribution in [1.29, 1.82) is 0 Å². The van der Waals surface area contributed by atoms with E-state index >= 15 is 0 Å². The first kappa shape index (κ1) is 22.8. The summed E-state index contributed by atoms with van der Waals surface area (Å²) in [6, 6.07) is 19.6. The lowest BCUT2D eigenvalue weighted by atomic mass is 10.0. The van der Waals surface area contributed by atoms with E-state index < -0.39 is 0 Å². The summed E-state index contributed by atoms with van der Waals surface area (Å²) in [5.74, 6) is 0.680. The van der Waals surface area contributed by atoms with Crippen LogP contribution in [0.4, 0.5) is 11.5 Å². The minimum absolute atomic E-state index is 0.225. The number of hydrogen-bond acceptors (Lipinski definition) is 7. The van der Waals surface area contributed by atoms with E-state index in [1.807, 2.05) is 61.1 Å². The molecule has 1 aliphatic rings. The molecule has 1 fully saturated rings. The van der Waals surface area contributed by atoms with Gasteiger partial charge in [-0.25, -0.2) is 4.98 Å². The molecule has 0 bridgehead atoms. The first-order chi connectivity index (χ1) is 18.2. The fourth-order valence-electron chi connectivity index (χ4n) is 4.55. The molecule has 0 unspecified atom stereocenters. The predicted octanol–water partition coefficient (Wildman–Crippen LogP) is 3.99. The molecule has 0 radical (unpaired) electrons. The number of benzene rings is 2. The molecule has 9 nitrogen and oxygen atoms in total. The normalized spacial score (nSPS) is 14.1. The van der Waals surface area contributed by atoms with Gasteiger partial charge in [0.25, 0.3) is 5.91 Å². The van der Waals surface area contributed by atoms with Gasteiger partial charge in [-0.15, -0.1) is 0 Å². The number of fused-ring (bicyclic) bond motifs is 1. The summed E-state index contributed by atoms with van der Waals surface area (Å²) in [6.07, 6.45) is 7.17. The largest absolute Gasteiger partial charge is 0.353 e. The van der Waals surface area contributed by atoms with Gasteiger partial charge in [-0.3, -0.25) is 24.8 Å². The van der Waals surface area contributed by atoms with Crippen molar-refractivity contribution in [2.45, 2.75) is 6.54 Å². The minimum atomic E-state index is -0.225. The van der Waals surface area contributed by atoms with Crippen molar-refractivity contribution in [3.8, 4) is 11.1 Å². The Hall–Kier alpha value is -4.63. The van der Waals surface area contributed by atoms with Crippen molar-refractivity contribution in [2.75, 3.05) is 36.4 Å². The fraction of sp³-hybridized carbons (Fsp3) is 0.179. The molecule has 0 saturated carbocycles. The first-order valence-corrected chi connectivity index (χ1v) is 12.3. The zero-order valence-electron chi connectivity index (χ0n) is 20.2. The van der Waals surface area contributed by atoms with Crippen molar-refractivity contribution < 1.29 is 4.79 Å². The van der Waals surface area contributed by atoms with Crippen LogP contribution in [-0.4, -0.2) is 62.1 Å². The Morgan fingerprint density at radius 2 is 1.73 bits per heavy atom. The van der Waals surface area contributed by atoms with E-state index in [-0.39, 0.29) is 5.91 Å². The third-order valence-corrected chi connectivity index (χ3v) is 6.58. The van der Waals surface area contributed by atoms with Crippen LogP contribution in [-0.2, 0) is 6.54 Å². The Bertz CT molecular complexity index is 1500. The van der Waals surface area contributed by atoms with Gasteiger partial charge in [-0.2, -0.15) is 5.10 Å². The standard InChI is InChI=1S/C28H26N8O/c37-28(25-9-11-31-34-25)32-23-6-3-21(4-7-23)22-5-8-24-26(16-22)33-27(18-30-24)36-14-12-35(13-15-36)19-20-2-1-10-29-17-20/h1-11,16-18H,12-15,19H2,(H,31,34)(H,32,37). The highest BCUT2D eigenvalue weighted by Gasteiger charge is 2.19. The molecule has 0 atom stereocenters. The summed E-state index contributed by atoms with van der Waals surface area (Å²) >= 11 is 0. The zero-order chi connectivity index (χ0) is 25.0. The maximum atomic E-state index is 12.2. The summed E-state index contributed by atoms with van der Waals surface area (Å²) in [6.45, 7) is 4.67. The molecular weight excluding hydrogens is 464 g/mol. The van der Waals surface area contributed by atoms with E-state index in [1.54, 1.807) is 12.3 Å². The van der Waals surface area contributed by atoms with Crippen LogP contribution < -0.4 is 10.2 Å². The van der Waals surface area contributed by atoms with Crippen molar-refractivity contribution in [2.24, 2.45) is 0 Å². The predicted molar refractivity (Wildman–Crippen MR) is 143 cm³/mol. The van der Waals surface area contributed by atoms with Gasteiger partial charge >= 0.3 is 0 Å². The third-order valence-electron chi connectivity index (χ3n) is 6.58. The number of nitrogens with zero attached hydrogens (tertiary/aromatic N) is 6. The van der Waals surface area contributed by atoms with E-state index in [0.29, 0.717) is 11.4 Å². The number of amides is 1. The Kier molecular flexibility index (Phi) is 6.26. The second-order valence-electron chi connectivity index (χ2n) is 9.06. The number of aromatic amines is 1. The SMILES string of the molecule is O=C(Nc1ccc(-c2ccc3ncc(N4CCN(Cc5cccnc5)CC4)nc3c2)cc1)c1ccn[nH]1. The molecule has 1 saturated heterocycles. The molecule has 1 aliphatic heterocycles. The molecule has 37 heavy (non-hydrogen) atoms. The Balaban J connectivity index is 1.14. The molecule has 9 heteroatoms. The smallest absolute Gasteiger partial charge is 0.273 e. The quantitative estimate of drug-likeness (QED) is 0.371. The monoisotopic (exact) mass is 490 g/mol. The number of rotatable bonds is 6. The first-order valence-electron chi connectivity index (χ1n) is 12.3. The molecular formula is C28H26N8O. The zero-order valence-corrected chi connectivity index (χ0v) is 20.2.